The van der Waals surface area contributed by atoms with Crippen molar-refractivity contribution in [2.45, 2.75) is 6.04 Å². The maximum atomic E-state index is 13.1. The number of hydrogen-bond acceptors (Lipinski definition) is 6. The van der Waals surface area contributed by atoms with Gasteiger partial charge >= 0.3 is 5.91 Å². The van der Waals surface area contributed by atoms with Gasteiger partial charge in [-0.25, -0.2) is 4.98 Å². The molecule has 1 aliphatic rings. The highest BCUT2D eigenvalue weighted by atomic mass is 16.5. The van der Waals surface area contributed by atoms with Gasteiger partial charge in [0.1, 0.15) is 29.1 Å². The van der Waals surface area contributed by atoms with Gasteiger partial charge in [0.05, 0.1) is 19.8 Å². The lowest BCUT2D eigenvalue weighted by atomic mass is 9.94. The summed E-state index contributed by atoms with van der Waals surface area (Å²) < 4.78 is 10.8. The quantitative estimate of drug-likeness (QED) is 0.387. The monoisotopic (exact) mass is 416 g/mol. The zero-order valence-electron chi connectivity index (χ0n) is 17.0. The molecule has 1 atom stereocenters. The molecule has 1 aliphatic heterocycles. The van der Waals surface area contributed by atoms with Crippen molar-refractivity contribution >= 4 is 23.3 Å². The molecule has 1 amide bonds. The molecule has 0 bridgehead atoms. The molecule has 1 N–H and O–H groups in total. The lowest BCUT2D eigenvalue weighted by molar-refractivity contribution is -0.132. The smallest absolute Gasteiger partial charge is 0.301 e. The third-order valence-corrected chi connectivity index (χ3v) is 5.12. The number of rotatable bonds is 5. The number of pyridine rings is 1. The van der Waals surface area contributed by atoms with Crippen LogP contribution in [0.25, 0.3) is 5.76 Å². The van der Waals surface area contributed by atoms with Crippen molar-refractivity contribution in [3.63, 3.8) is 0 Å². The van der Waals surface area contributed by atoms with E-state index in [-0.39, 0.29) is 11.3 Å². The number of nitrogens with zero attached hydrogens (tertiary/aromatic N) is 2. The summed E-state index contributed by atoms with van der Waals surface area (Å²) in [6.45, 7) is 0. The van der Waals surface area contributed by atoms with Gasteiger partial charge < -0.3 is 14.6 Å². The average Bonchev–Trinajstić information content (AvgIpc) is 3.09. The summed E-state index contributed by atoms with van der Waals surface area (Å²) in [4.78, 5) is 31.7. The lowest BCUT2D eigenvalue weighted by Gasteiger charge is -2.26. The predicted molar refractivity (Wildman–Crippen MR) is 115 cm³/mol. The van der Waals surface area contributed by atoms with Crippen LogP contribution in [0.4, 0.5) is 5.82 Å². The molecular formula is C24H20N2O5. The number of hydrogen-bond donors (Lipinski definition) is 1. The van der Waals surface area contributed by atoms with Crippen LogP contribution >= 0.6 is 0 Å². The highest BCUT2D eigenvalue weighted by Crippen LogP contribution is 2.45. The number of anilines is 1. The number of aliphatic hydroxyl groups is 1. The molecule has 0 saturated carbocycles. The number of ketones is 1. The topological polar surface area (TPSA) is 89.0 Å². The first kappa shape index (κ1) is 20.2. The minimum atomic E-state index is -0.934. The normalized spacial score (nSPS) is 17.6. The van der Waals surface area contributed by atoms with Crippen LogP contribution < -0.4 is 14.4 Å². The van der Waals surface area contributed by atoms with Crippen molar-refractivity contribution in [1.82, 2.24) is 4.98 Å². The fourth-order valence-corrected chi connectivity index (χ4v) is 3.66. The molecule has 0 spiro atoms. The highest BCUT2D eigenvalue weighted by molar-refractivity contribution is 6.51. The zero-order chi connectivity index (χ0) is 22.0. The van der Waals surface area contributed by atoms with Gasteiger partial charge in [-0.3, -0.25) is 14.5 Å². The molecular weight excluding hydrogens is 396 g/mol. The van der Waals surface area contributed by atoms with E-state index in [0.29, 0.717) is 28.4 Å². The molecule has 2 heterocycles. The highest BCUT2D eigenvalue weighted by Gasteiger charge is 2.48. The molecule has 1 fully saturated rings. The Balaban J connectivity index is 1.99. The number of carbonyl (C=O) groups excluding carboxylic acids is 2. The number of carbonyl (C=O) groups is 2. The van der Waals surface area contributed by atoms with Crippen molar-refractivity contribution in [3.8, 4) is 11.5 Å². The third-order valence-electron chi connectivity index (χ3n) is 5.12. The summed E-state index contributed by atoms with van der Waals surface area (Å²) in [6, 6.07) is 17.9. The fourth-order valence-electron chi connectivity index (χ4n) is 3.66. The maximum Gasteiger partial charge on any atom is 0.301 e. The zero-order valence-corrected chi connectivity index (χ0v) is 17.0. The van der Waals surface area contributed by atoms with Crippen molar-refractivity contribution in [2.24, 2.45) is 0 Å². The Morgan fingerprint density at radius 3 is 2.35 bits per heavy atom. The Kier molecular flexibility index (Phi) is 5.41. The molecule has 0 radical (unpaired) electrons. The number of aromatic nitrogens is 1. The van der Waals surface area contributed by atoms with E-state index < -0.39 is 17.7 Å². The molecule has 7 nitrogen and oxygen atoms in total. The average molecular weight is 416 g/mol. The second kappa shape index (κ2) is 8.31. The molecule has 4 rings (SSSR count). The summed E-state index contributed by atoms with van der Waals surface area (Å²) in [5, 5.41) is 11.1. The molecule has 1 unspecified atom stereocenters. The summed E-state index contributed by atoms with van der Waals surface area (Å²) in [5.74, 6) is -0.585. The third kappa shape index (κ3) is 3.50. The molecule has 0 aliphatic carbocycles. The van der Waals surface area contributed by atoms with Crippen LogP contribution in [0, 0.1) is 0 Å². The summed E-state index contributed by atoms with van der Waals surface area (Å²) in [7, 11) is 3.02. The van der Waals surface area contributed by atoms with Gasteiger partial charge in [-0.05, 0) is 24.3 Å². The Morgan fingerprint density at radius 1 is 0.968 bits per heavy atom. The van der Waals surface area contributed by atoms with E-state index in [1.807, 2.05) is 0 Å². The molecule has 1 aromatic heterocycles. The summed E-state index contributed by atoms with van der Waals surface area (Å²) in [5.41, 5.74) is 0.912. The molecule has 156 valence electrons. The molecule has 2 aromatic carbocycles. The number of methoxy groups -OCH3 is 2. The number of Topliss-reactive ketones (excluding diaryl/α,β-unsaturated/α-hetero) is 1. The number of aliphatic hydroxyl groups excluding tert-OH is 1. The number of amides is 1. The van der Waals surface area contributed by atoms with Crippen molar-refractivity contribution < 1.29 is 24.2 Å². The van der Waals surface area contributed by atoms with Crippen LogP contribution in [-0.4, -0.2) is 36.0 Å². The second-order valence-electron chi connectivity index (χ2n) is 6.83. The van der Waals surface area contributed by atoms with Crippen LogP contribution in [0.5, 0.6) is 11.5 Å². The second-order valence-corrected chi connectivity index (χ2v) is 6.83. The number of ether oxygens (including phenoxy) is 2. The molecule has 1 saturated heterocycles. The minimum absolute atomic E-state index is 0.0367. The van der Waals surface area contributed by atoms with Crippen LogP contribution in [0.2, 0.25) is 0 Å². The van der Waals surface area contributed by atoms with Crippen LogP contribution in [0.1, 0.15) is 17.2 Å². The van der Waals surface area contributed by atoms with Crippen molar-refractivity contribution in [1.29, 1.82) is 0 Å². The molecule has 3 aromatic rings. The SMILES string of the molecule is COc1ccc(C2C(=C(O)c3ccccc3)C(=O)C(=O)N2c2ccccn2)c(OC)c1. The minimum Gasteiger partial charge on any atom is -0.507 e. The van der Waals surface area contributed by atoms with E-state index in [4.69, 9.17) is 9.47 Å². The van der Waals surface area contributed by atoms with Crippen molar-refractivity contribution in [3.05, 3.63) is 89.6 Å². The molecule has 7 heteroatoms. The molecule has 31 heavy (non-hydrogen) atoms. The first-order chi connectivity index (χ1) is 15.1. The Hall–Kier alpha value is -4.13. The van der Waals surface area contributed by atoms with Gasteiger partial charge in [0.25, 0.3) is 5.78 Å². The first-order valence-electron chi connectivity index (χ1n) is 9.56. The van der Waals surface area contributed by atoms with Gasteiger partial charge in [0, 0.05) is 23.4 Å². The Morgan fingerprint density at radius 2 is 1.71 bits per heavy atom. The van der Waals surface area contributed by atoms with Crippen LogP contribution in [0.15, 0.2) is 78.5 Å². The van der Waals surface area contributed by atoms with E-state index in [1.54, 1.807) is 66.7 Å². The van der Waals surface area contributed by atoms with E-state index in [9.17, 15) is 14.7 Å². The Labute approximate surface area is 179 Å². The predicted octanol–water partition coefficient (Wildman–Crippen LogP) is 3.73. The van der Waals surface area contributed by atoms with E-state index >= 15 is 0 Å². The largest absolute Gasteiger partial charge is 0.507 e. The van der Waals surface area contributed by atoms with Crippen molar-refractivity contribution in [2.75, 3.05) is 19.1 Å². The fraction of sp³-hybridized carbons (Fsp3) is 0.125. The van der Waals surface area contributed by atoms with Gasteiger partial charge in [-0.2, -0.15) is 0 Å². The summed E-state index contributed by atoms with van der Waals surface area (Å²) in [6.07, 6.45) is 1.54. The Bertz CT molecular complexity index is 1160. The van der Waals surface area contributed by atoms with Gasteiger partial charge in [0.2, 0.25) is 0 Å². The van der Waals surface area contributed by atoms with Gasteiger partial charge in [-0.1, -0.05) is 36.4 Å². The van der Waals surface area contributed by atoms with E-state index in [2.05, 4.69) is 4.98 Å². The van der Waals surface area contributed by atoms with E-state index in [0.717, 1.165) is 0 Å². The van der Waals surface area contributed by atoms with Gasteiger partial charge in [0.15, 0.2) is 0 Å². The first-order valence-corrected chi connectivity index (χ1v) is 9.56. The number of benzene rings is 2. The van der Waals surface area contributed by atoms with Crippen LogP contribution in [0.3, 0.4) is 0 Å². The van der Waals surface area contributed by atoms with Gasteiger partial charge in [-0.15, -0.1) is 0 Å². The summed E-state index contributed by atoms with van der Waals surface area (Å²) >= 11 is 0. The lowest BCUT2D eigenvalue weighted by Crippen LogP contribution is -2.30. The standard InChI is InChI=1S/C24H20N2O5/c1-30-16-11-12-17(18(14-16)31-2)21-20(22(27)15-8-4-3-5-9-15)23(28)24(29)26(21)19-10-6-7-13-25-19/h3-14,21,27H,1-2H3. The van der Waals surface area contributed by atoms with E-state index in [1.165, 1.54) is 25.3 Å². The van der Waals surface area contributed by atoms with Crippen LogP contribution in [-0.2, 0) is 9.59 Å². The maximum absolute atomic E-state index is 13.1.